The Morgan fingerprint density at radius 2 is 1.60 bits per heavy atom. The maximum absolute atomic E-state index is 12.6. The van der Waals surface area contributed by atoms with Crippen molar-refractivity contribution in [2.75, 3.05) is 0 Å². The summed E-state index contributed by atoms with van der Waals surface area (Å²) in [6, 6.07) is 17.9. The lowest BCUT2D eigenvalue weighted by Crippen LogP contribution is -2.44. The van der Waals surface area contributed by atoms with Crippen LogP contribution < -0.4 is 0 Å². The first-order valence-electron chi connectivity index (χ1n) is 8.01. The van der Waals surface area contributed by atoms with Gasteiger partial charge >= 0.3 is 5.97 Å². The number of Topliss-reactive ketones (excluding diaryl/α,β-unsaturated/α-hetero) is 1. The van der Waals surface area contributed by atoms with Gasteiger partial charge in [0.05, 0.1) is 6.10 Å². The van der Waals surface area contributed by atoms with Gasteiger partial charge in [-0.15, -0.1) is 0 Å². The van der Waals surface area contributed by atoms with E-state index in [1.165, 1.54) is 6.92 Å². The molecule has 0 radical (unpaired) electrons. The second-order valence-electron chi connectivity index (χ2n) is 6.07. The molecule has 2 rings (SSSR count). The predicted molar refractivity (Wildman–Crippen MR) is 96.1 cm³/mol. The van der Waals surface area contributed by atoms with E-state index in [1.807, 2.05) is 36.4 Å². The molecule has 0 aliphatic rings. The van der Waals surface area contributed by atoms with Gasteiger partial charge in [0.1, 0.15) is 6.61 Å². The van der Waals surface area contributed by atoms with Crippen molar-refractivity contribution < 1.29 is 19.4 Å². The van der Waals surface area contributed by atoms with E-state index in [2.05, 4.69) is 0 Å². The van der Waals surface area contributed by atoms with Crippen LogP contribution in [0.4, 0.5) is 0 Å². The summed E-state index contributed by atoms with van der Waals surface area (Å²) in [6.45, 7) is 2.88. The lowest BCUT2D eigenvalue weighted by atomic mass is 9.87. The van der Waals surface area contributed by atoms with E-state index in [0.29, 0.717) is 5.56 Å². The number of ether oxygens (including phenoxy) is 1. The Morgan fingerprint density at radius 1 is 1.08 bits per heavy atom. The Kier molecular flexibility index (Phi) is 6.34. The van der Waals surface area contributed by atoms with Crippen molar-refractivity contribution in [1.82, 2.24) is 0 Å². The number of hydrogen-bond donors (Lipinski definition) is 1. The SMILES string of the molecule is C[C@@H](C(=O)[C@](C)(Cl)C(=O)OCc1ccccc1)[C@@H](O)c1ccccc1. The van der Waals surface area contributed by atoms with Crippen LogP contribution in [0.15, 0.2) is 60.7 Å². The number of ketones is 1. The number of hydrogen-bond acceptors (Lipinski definition) is 4. The van der Waals surface area contributed by atoms with Crippen LogP contribution in [0.25, 0.3) is 0 Å². The normalized spacial score (nSPS) is 15.7. The number of esters is 1. The number of carbonyl (C=O) groups is 2. The molecule has 0 heterocycles. The lowest BCUT2D eigenvalue weighted by molar-refractivity contribution is -0.152. The Hall–Kier alpha value is -2.17. The summed E-state index contributed by atoms with van der Waals surface area (Å²) < 4.78 is 5.18. The first-order chi connectivity index (χ1) is 11.8. The van der Waals surface area contributed by atoms with E-state index in [-0.39, 0.29) is 6.61 Å². The molecule has 2 aromatic rings. The van der Waals surface area contributed by atoms with Gasteiger partial charge in [-0.05, 0) is 18.1 Å². The predicted octanol–water partition coefficient (Wildman–Crippen LogP) is 3.67. The Labute approximate surface area is 152 Å². The van der Waals surface area contributed by atoms with Crippen molar-refractivity contribution >= 4 is 23.4 Å². The molecule has 25 heavy (non-hydrogen) atoms. The summed E-state index contributed by atoms with van der Waals surface area (Å²) in [5.41, 5.74) is 1.39. The van der Waals surface area contributed by atoms with E-state index in [9.17, 15) is 14.7 Å². The monoisotopic (exact) mass is 360 g/mol. The fraction of sp³-hybridized carbons (Fsp3) is 0.300. The third-order valence-electron chi connectivity index (χ3n) is 4.09. The summed E-state index contributed by atoms with van der Waals surface area (Å²) in [6.07, 6.45) is -1.05. The van der Waals surface area contributed by atoms with Crippen LogP contribution in [-0.2, 0) is 20.9 Å². The van der Waals surface area contributed by atoms with Crippen molar-refractivity contribution in [1.29, 1.82) is 0 Å². The fourth-order valence-electron chi connectivity index (χ4n) is 2.47. The van der Waals surface area contributed by atoms with Gasteiger partial charge in [-0.25, -0.2) is 4.79 Å². The van der Waals surface area contributed by atoms with Crippen molar-refractivity contribution in [3.05, 3.63) is 71.8 Å². The maximum atomic E-state index is 12.6. The zero-order valence-corrected chi connectivity index (χ0v) is 14.9. The van der Waals surface area contributed by atoms with Gasteiger partial charge in [-0.3, -0.25) is 4.79 Å². The standard InChI is InChI=1S/C20H21ClO4/c1-14(17(22)16-11-7-4-8-12-16)18(23)20(2,21)19(24)25-13-15-9-5-3-6-10-15/h3-12,14,17,22H,13H2,1-2H3/t14-,17-,20+/m1/s1. The summed E-state index contributed by atoms with van der Waals surface area (Å²) >= 11 is 6.19. The lowest BCUT2D eigenvalue weighted by Gasteiger charge is -2.25. The van der Waals surface area contributed by atoms with E-state index >= 15 is 0 Å². The molecule has 4 nitrogen and oxygen atoms in total. The summed E-state index contributed by atoms with van der Waals surface area (Å²) in [4.78, 5) is 23.1. The van der Waals surface area contributed by atoms with Crippen molar-refractivity contribution in [3.63, 3.8) is 0 Å². The molecule has 0 aromatic heterocycles. The molecular weight excluding hydrogens is 340 g/mol. The van der Waals surface area contributed by atoms with Crippen LogP contribution in [0.1, 0.15) is 31.1 Å². The maximum Gasteiger partial charge on any atom is 0.334 e. The van der Waals surface area contributed by atoms with Crippen molar-refractivity contribution in [2.45, 2.75) is 31.4 Å². The van der Waals surface area contributed by atoms with E-state index in [1.54, 1.807) is 31.2 Å². The third kappa shape index (κ3) is 4.68. The zero-order chi connectivity index (χ0) is 18.4. The largest absolute Gasteiger partial charge is 0.459 e. The first kappa shape index (κ1) is 19.2. The molecule has 0 fully saturated rings. The van der Waals surface area contributed by atoms with Gasteiger partial charge in [0, 0.05) is 5.92 Å². The van der Waals surface area contributed by atoms with Gasteiger partial charge < -0.3 is 9.84 Å². The molecule has 0 bridgehead atoms. The molecule has 0 saturated heterocycles. The van der Waals surface area contributed by atoms with Gasteiger partial charge in [0.15, 0.2) is 10.7 Å². The number of aliphatic hydroxyl groups is 1. The van der Waals surface area contributed by atoms with E-state index < -0.39 is 28.6 Å². The quantitative estimate of drug-likeness (QED) is 0.465. The smallest absolute Gasteiger partial charge is 0.334 e. The van der Waals surface area contributed by atoms with E-state index in [4.69, 9.17) is 16.3 Å². The molecule has 0 unspecified atom stereocenters. The van der Waals surface area contributed by atoms with Crippen LogP contribution in [0.3, 0.4) is 0 Å². The fourth-order valence-corrected chi connectivity index (χ4v) is 2.70. The molecule has 0 aliphatic heterocycles. The van der Waals surface area contributed by atoms with Gasteiger partial charge in [-0.2, -0.15) is 0 Å². The van der Waals surface area contributed by atoms with Crippen LogP contribution in [0, 0.1) is 5.92 Å². The highest BCUT2D eigenvalue weighted by molar-refractivity contribution is 6.45. The number of rotatable bonds is 7. The minimum absolute atomic E-state index is 0.0326. The van der Waals surface area contributed by atoms with Gasteiger partial charge in [0.25, 0.3) is 0 Å². The molecule has 132 valence electrons. The van der Waals surface area contributed by atoms with Crippen molar-refractivity contribution in [3.8, 4) is 0 Å². The number of carbonyl (C=O) groups excluding carboxylic acids is 2. The summed E-state index contributed by atoms with van der Waals surface area (Å²) in [5.74, 6) is -2.26. The molecule has 0 spiro atoms. The number of alkyl halides is 1. The molecule has 0 amide bonds. The summed E-state index contributed by atoms with van der Waals surface area (Å²) in [7, 11) is 0. The molecule has 0 saturated carbocycles. The van der Waals surface area contributed by atoms with Crippen LogP contribution >= 0.6 is 11.6 Å². The third-order valence-corrected chi connectivity index (χ3v) is 4.43. The molecule has 1 N–H and O–H groups in total. The highest BCUT2D eigenvalue weighted by Gasteiger charge is 2.44. The molecule has 0 aliphatic carbocycles. The van der Waals surface area contributed by atoms with Crippen LogP contribution in [0.5, 0.6) is 0 Å². The number of halogens is 1. The average Bonchev–Trinajstić information content (AvgIpc) is 2.65. The van der Waals surface area contributed by atoms with Gasteiger partial charge in [0.2, 0.25) is 0 Å². The topological polar surface area (TPSA) is 63.6 Å². The number of aliphatic hydroxyl groups excluding tert-OH is 1. The summed E-state index contributed by atoms with van der Waals surface area (Å²) in [5, 5.41) is 10.4. The van der Waals surface area contributed by atoms with Crippen LogP contribution in [-0.4, -0.2) is 21.7 Å². The van der Waals surface area contributed by atoms with E-state index in [0.717, 1.165) is 5.56 Å². The molecular formula is C20H21ClO4. The highest BCUT2D eigenvalue weighted by atomic mass is 35.5. The Bertz CT molecular complexity index is 713. The van der Waals surface area contributed by atoms with Crippen molar-refractivity contribution in [2.24, 2.45) is 5.92 Å². The first-order valence-corrected chi connectivity index (χ1v) is 8.39. The minimum Gasteiger partial charge on any atom is -0.459 e. The average molecular weight is 361 g/mol. The molecule has 5 heteroatoms. The minimum atomic E-state index is -1.86. The zero-order valence-electron chi connectivity index (χ0n) is 14.2. The van der Waals surface area contributed by atoms with Crippen LogP contribution in [0.2, 0.25) is 0 Å². The highest BCUT2D eigenvalue weighted by Crippen LogP contribution is 2.30. The number of benzene rings is 2. The Morgan fingerprint density at radius 3 is 2.16 bits per heavy atom. The second kappa shape index (κ2) is 8.28. The molecule has 3 atom stereocenters. The van der Waals surface area contributed by atoms with Gasteiger partial charge in [-0.1, -0.05) is 79.2 Å². The Balaban J connectivity index is 2.03. The second-order valence-corrected chi connectivity index (χ2v) is 6.83. The molecule has 2 aromatic carbocycles.